The fourth-order valence-corrected chi connectivity index (χ4v) is 3.17. The van der Waals surface area contributed by atoms with Crippen LogP contribution >= 0.6 is 0 Å². The smallest absolute Gasteiger partial charge is 0.254 e. The van der Waals surface area contributed by atoms with Gasteiger partial charge in [0, 0.05) is 18.7 Å². The Kier molecular flexibility index (Phi) is 3.46. The lowest BCUT2D eigenvalue weighted by Crippen LogP contribution is -2.45. The van der Waals surface area contributed by atoms with E-state index in [9.17, 15) is 13.6 Å². The van der Waals surface area contributed by atoms with Crippen LogP contribution in [0.2, 0.25) is 0 Å². The van der Waals surface area contributed by atoms with Crippen LogP contribution in [0.4, 0.5) is 8.78 Å². The molecular weight excluding hydrogens is 264 g/mol. The summed E-state index contributed by atoms with van der Waals surface area (Å²) in [6.45, 7) is 3.22. The van der Waals surface area contributed by atoms with Crippen LogP contribution in [0.15, 0.2) is 18.2 Å². The van der Waals surface area contributed by atoms with Gasteiger partial charge in [-0.05, 0) is 43.9 Å². The molecule has 3 nitrogen and oxygen atoms in total. The summed E-state index contributed by atoms with van der Waals surface area (Å²) in [5, 5.41) is 0. The number of hydrogen-bond acceptors (Lipinski definition) is 2. The van der Waals surface area contributed by atoms with Crippen LogP contribution in [0.1, 0.15) is 30.1 Å². The first-order valence-corrected chi connectivity index (χ1v) is 6.94. The van der Waals surface area contributed by atoms with E-state index in [1.807, 2.05) is 6.92 Å². The second-order valence-electron chi connectivity index (χ2n) is 5.65. The van der Waals surface area contributed by atoms with Gasteiger partial charge in [0.2, 0.25) is 0 Å². The Hall–Kier alpha value is -1.49. The molecule has 0 radical (unpaired) electrons. The van der Waals surface area contributed by atoms with Crippen molar-refractivity contribution in [1.82, 2.24) is 4.90 Å². The van der Waals surface area contributed by atoms with Gasteiger partial charge in [0.05, 0.1) is 12.2 Å². The van der Waals surface area contributed by atoms with Crippen molar-refractivity contribution < 1.29 is 18.3 Å². The van der Waals surface area contributed by atoms with Gasteiger partial charge < -0.3 is 9.64 Å². The van der Waals surface area contributed by atoms with Gasteiger partial charge in [0.15, 0.2) is 11.6 Å². The number of carbonyl (C=O) groups excluding carboxylic acids is 1. The standard InChI is InChI=1S/C15H17F2NO2/c1-9-6-10-4-5-18(8-14(10)20-9)15(19)11-2-3-12(16)13(17)7-11/h2-3,7,9-10,14H,4-6,8H2,1H3/t9-,10-,14+/m0/s1. The van der Waals surface area contributed by atoms with E-state index < -0.39 is 11.6 Å². The molecule has 0 aliphatic carbocycles. The molecule has 0 bridgehead atoms. The van der Waals surface area contributed by atoms with Crippen molar-refractivity contribution >= 4 is 5.91 Å². The molecule has 0 N–H and O–H groups in total. The van der Waals surface area contributed by atoms with Crippen molar-refractivity contribution in [3.63, 3.8) is 0 Å². The Bertz CT molecular complexity index is 535. The Balaban J connectivity index is 1.73. The number of hydrogen-bond donors (Lipinski definition) is 0. The molecular formula is C15H17F2NO2. The second kappa shape index (κ2) is 5.13. The number of fused-ring (bicyclic) bond motifs is 1. The van der Waals surface area contributed by atoms with Gasteiger partial charge in [0.1, 0.15) is 0 Å². The molecule has 2 heterocycles. The molecule has 2 fully saturated rings. The molecule has 0 spiro atoms. The first-order chi connectivity index (χ1) is 9.54. The highest BCUT2D eigenvalue weighted by molar-refractivity contribution is 5.94. The van der Waals surface area contributed by atoms with E-state index in [4.69, 9.17) is 4.74 Å². The van der Waals surface area contributed by atoms with Crippen molar-refractivity contribution in [1.29, 1.82) is 0 Å². The van der Waals surface area contributed by atoms with Crippen LogP contribution in [-0.2, 0) is 4.74 Å². The Morgan fingerprint density at radius 1 is 1.35 bits per heavy atom. The normalized spacial score (nSPS) is 29.4. The predicted molar refractivity (Wildman–Crippen MR) is 69.3 cm³/mol. The van der Waals surface area contributed by atoms with Crippen LogP contribution in [0.25, 0.3) is 0 Å². The quantitative estimate of drug-likeness (QED) is 0.792. The van der Waals surface area contributed by atoms with Gasteiger partial charge in [-0.15, -0.1) is 0 Å². The number of carbonyl (C=O) groups is 1. The van der Waals surface area contributed by atoms with Crippen molar-refractivity contribution in [3.05, 3.63) is 35.4 Å². The highest BCUT2D eigenvalue weighted by atomic mass is 19.2. The van der Waals surface area contributed by atoms with Crippen molar-refractivity contribution in [2.24, 2.45) is 5.92 Å². The number of likely N-dealkylation sites (tertiary alicyclic amines) is 1. The summed E-state index contributed by atoms with van der Waals surface area (Å²) in [6, 6.07) is 3.27. The minimum absolute atomic E-state index is 0.0768. The van der Waals surface area contributed by atoms with Gasteiger partial charge in [0.25, 0.3) is 5.91 Å². The summed E-state index contributed by atoms with van der Waals surface area (Å²) in [7, 11) is 0. The van der Waals surface area contributed by atoms with E-state index in [2.05, 4.69) is 0 Å². The molecule has 20 heavy (non-hydrogen) atoms. The van der Waals surface area contributed by atoms with E-state index in [1.165, 1.54) is 6.07 Å². The third kappa shape index (κ3) is 2.42. The van der Waals surface area contributed by atoms with Gasteiger partial charge in [-0.25, -0.2) is 8.78 Å². The van der Waals surface area contributed by atoms with E-state index >= 15 is 0 Å². The van der Waals surface area contributed by atoms with Crippen LogP contribution in [-0.4, -0.2) is 36.1 Å². The molecule has 2 aliphatic heterocycles. The molecule has 0 aromatic heterocycles. The first kappa shape index (κ1) is 13.5. The minimum atomic E-state index is -0.989. The predicted octanol–water partition coefficient (Wildman–Crippen LogP) is 2.60. The molecule has 1 aromatic carbocycles. The SMILES string of the molecule is C[C@H]1C[C@@H]2CCN(C(=O)c3ccc(F)c(F)c3)C[C@H]2O1. The lowest BCUT2D eigenvalue weighted by Gasteiger charge is -2.34. The zero-order valence-corrected chi connectivity index (χ0v) is 11.3. The topological polar surface area (TPSA) is 29.5 Å². The molecule has 0 saturated carbocycles. The molecule has 3 atom stereocenters. The molecule has 1 aromatic rings. The number of piperidine rings is 1. The molecule has 108 valence electrons. The monoisotopic (exact) mass is 281 g/mol. The lowest BCUT2D eigenvalue weighted by atomic mass is 9.91. The summed E-state index contributed by atoms with van der Waals surface area (Å²) in [5.41, 5.74) is 0.188. The maximum Gasteiger partial charge on any atom is 0.254 e. The molecule has 2 aliphatic rings. The van der Waals surface area contributed by atoms with Gasteiger partial charge in [-0.3, -0.25) is 4.79 Å². The Morgan fingerprint density at radius 2 is 2.15 bits per heavy atom. The summed E-state index contributed by atoms with van der Waals surface area (Å²) < 4.78 is 31.9. The zero-order chi connectivity index (χ0) is 14.3. The van der Waals surface area contributed by atoms with Crippen LogP contribution in [0.3, 0.4) is 0 Å². The number of rotatable bonds is 1. The maximum absolute atomic E-state index is 13.2. The average molecular weight is 281 g/mol. The van der Waals surface area contributed by atoms with Crippen LogP contribution in [0, 0.1) is 17.6 Å². The summed E-state index contributed by atoms with van der Waals surface area (Å²) in [5.74, 6) is -1.67. The van der Waals surface area contributed by atoms with Crippen LogP contribution in [0.5, 0.6) is 0 Å². The minimum Gasteiger partial charge on any atom is -0.373 e. The molecule has 0 unspecified atom stereocenters. The molecule has 3 rings (SSSR count). The second-order valence-corrected chi connectivity index (χ2v) is 5.65. The van der Waals surface area contributed by atoms with Crippen molar-refractivity contribution in [2.75, 3.05) is 13.1 Å². The van der Waals surface area contributed by atoms with Crippen molar-refractivity contribution in [3.8, 4) is 0 Å². The number of nitrogens with zero attached hydrogens (tertiary/aromatic N) is 1. The molecule has 1 amide bonds. The van der Waals surface area contributed by atoms with E-state index in [0.29, 0.717) is 19.0 Å². The third-order valence-corrected chi connectivity index (χ3v) is 4.19. The van der Waals surface area contributed by atoms with Gasteiger partial charge >= 0.3 is 0 Å². The lowest BCUT2D eigenvalue weighted by molar-refractivity contribution is 0.00155. The van der Waals surface area contributed by atoms with Gasteiger partial charge in [-0.1, -0.05) is 0 Å². The highest BCUT2D eigenvalue weighted by Gasteiger charge is 2.38. The Morgan fingerprint density at radius 3 is 2.90 bits per heavy atom. The highest BCUT2D eigenvalue weighted by Crippen LogP contribution is 2.33. The van der Waals surface area contributed by atoms with Gasteiger partial charge in [-0.2, -0.15) is 0 Å². The molecule has 2 saturated heterocycles. The first-order valence-electron chi connectivity index (χ1n) is 6.94. The summed E-state index contributed by atoms with van der Waals surface area (Å²) >= 11 is 0. The van der Waals surface area contributed by atoms with Crippen molar-refractivity contribution in [2.45, 2.75) is 32.0 Å². The number of benzene rings is 1. The number of halogens is 2. The van der Waals surface area contributed by atoms with E-state index in [0.717, 1.165) is 25.0 Å². The van der Waals surface area contributed by atoms with E-state index in [1.54, 1.807) is 4.90 Å². The summed E-state index contributed by atoms with van der Waals surface area (Å²) in [6.07, 6.45) is 2.26. The molecule has 5 heteroatoms. The maximum atomic E-state index is 13.2. The third-order valence-electron chi connectivity index (χ3n) is 4.19. The Labute approximate surface area is 116 Å². The van der Waals surface area contributed by atoms with E-state index in [-0.39, 0.29) is 23.7 Å². The largest absolute Gasteiger partial charge is 0.373 e. The average Bonchev–Trinajstić information content (AvgIpc) is 2.80. The zero-order valence-electron chi connectivity index (χ0n) is 11.3. The number of amides is 1. The fraction of sp³-hybridized carbons (Fsp3) is 0.533. The van der Waals surface area contributed by atoms with Crippen LogP contribution < -0.4 is 0 Å². The number of ether oxygens (including phenoxy) is 1. The summed E-state index contributed by atoms with van der Waals surface area (Å²) in [4.78, 5) is 14.0. The fourth-order valence-electron chi connectivity index (χ4n) is 3.17.